The molecular formula is C25H18FNO3. The predicted octanol–water partition coefficient (Wildman–Crippen LogP) is 5.48. The molecule has 0 spiro atoms. The SMILES string of the molecule is C=CC(Oc1ccc(/C=C2\N=C(c3cccc(F)c3)OC2=O)cc1)c1ccccc1. The van der Waals surface area contributed by atoms with E-state index in [0.717, 1.165) is 11.1 Å². The summed E-state index contributed by atoms with van der Waals surface area (Å²) < 4.78 is 24.6. The fourth-order valence-electron chi connectivity index (χ4n) is 3.00. The van der Waals surface area contributed by atoms with E-state index in [1.54, 1.807) is 18.2 Å². The van der Waals surface area contributed by atoms with Gasteiger partial charge in [0.2, 0.25) is 5.90 Å². The molecule has 3 aromatic rings. The number of carbonyl (C=O) groups excluding carboxylic acids is 1. The number of hydrogen-bond donors (Lipinski definition) is 0. The predicted molar refractivity (Wildman–Crippen MR) is 113 cm³/mol. The number of nitrogens with zero attached hydrogens (tertiary/aromatic N) is 1. The lowest BCUT2D eigenvalue weighted by Gasteiger charge is -2.16. The Morgan fingerprint density at radius 1 is 1.00 bits per heavy atom. The molecule has 0 amide bonds. The first-order chi connectivity index (χ1) is 14.6. The summed E-state index contributed by atoms with van der Waals surface area (Å²) in [6.45, 7) is 3.84. The number of ether oxygens (including phenoxy) is 2. The molecule has 1 aliphatic heterocycles. The zero-order valence-electron chi connectivity index (χ0n) is 16.0. The highest BCUT2D eigenvalue weighted by atomic mass is 19.1. The van der Waals surface area contributed by atoms with E-state index in [2.05, 4.69) is 11.6 Å². The number of esters is 1. The van der Waals surface area contributed by atoms with Crippen LogP contribution in [0.1, 0.15) is 22.8 Å². The van der Waals surface area contributed by atoms with Crippen molar-refractivity contribution in [3.63, 3.8) is 0 Å². The van der Waals surface area contributed by atoms with Crippen LogP contribution in [0.3, 0.4) is 0 Å². The van der Waals surface area contributed by atoms with Gasteiger partial charge >= 0.3 is 5.97 Å². The Kier molecular flexibility index (Phi) is 5.52. The van der Waals surface area contributed by atoms with Crippen molar-refractivity contribution in [1.29, 1.82) is 0 Å². The number of benzene rings is 3. The normalized spacial score (nSPS) is 15.4. The lowest BCUT2D eigenvalue weighted by atomic mass is 10.1. The van der Waals surface area contributed by atoms with Gasteiger partial charge < -0.3 is 9.47 Å². The van der Waals surface area contributed by atoms with Crippen molar-refractivity contribution < 1.29 is 18.7 Å². The van der Waals surface area contributed by atoms with Crippen molar-refractivity contribution in [3.8, 4) is 5.75 Å². The van der Waals surface area contributed by atoms with Crippen LogP contribution in [-0.2, 0) is 9.53 Å². The van der Waals surface area contributed by atoms with E-state index in [1.807, 2.05) is 54.6 Å². The monoisotopic (exact) mass is 399 g/mol. The highest BCUT2D eigenvalue weighted by molar-refractivity contribution is 6.12. The quantitative estimate of drug-likeness (QED) is 0.313. The molecule has 1 heterocycles. The number of carbonyl (C=O) groups is 1. The molecule has 1 atom stereocenters. The molecule has 4 rings (SSSR count). The van der Waals surface area contributed by atoms with Crippen molar-refractivity contribution in [3.05, 3.63) is 120 Å². The van der Waals surface area contributed by atoms with Gasteiger partial charge in [-0.05, 0) is 53.6 Å². The van der Waals surface area contributed by atoms with Crippen LogP contribution in [0.4, 0.5) is 4.39 Å². The summed E-state index contributed by atoms with van der Waals surface area (Å²) in [6.07, 6.45) is 3.09. The third kappa shape index (κ3) is 4.36. The summed E-state index contributed by atoms with van der Waals surface area (Å²) in [6, 6.07) is 22.8. The van der Waals surface area contributed by atoms with E-state index in [0.29, 0.717) is 11.3 Å². The van der Waals surface area contributed by atoms with Gasteiger partial charge in [0, 0.05) is 5.56 Å². The Balaban J connectivity index is 1.51. The molecule has 1 unspecified atom stereocenters. The summed E-state index contributed by atoms with van der Waals surface area (Å²) in [5.41, 5.74) is 2.32. The second-order valence-corrected chi connectivity index (χ2v) is 6.60. The van der Waals surface area contributed by atoms with Gasteiger partial charge in [0.05, 0.1) is 0 Å². The summed E-state index contributed by atoms with van der Waals surface area (Å²) in [5.74, 6) is -0.246. The van der Waals surface area contributed by atoms with Gasteiger partial charge in [-0.1, -0.05) is 55.1 Å². The first-order valence-electron chi connectivity index (χ1n) is 9.35. The zero-order valence-corrected chi connectivity index (χ0v) is 16.0. The van der Waals surface area contributed by atoms with E-state index in [1.165, 1.54) is 18.2 Å². The molecule has 0 N–H and O–H groups in total. The number of halogens is 1. The van der Waals surface area contributed by atoms with E-state index in [4.69, 9.17) is 9.47 Å². The Morgan fingerprint density at radius 3 is 2.47 bits per heavy atom. The third-order valence-corrected chi connectivity index (χ3v) is 4.48. The molecule has 0 saturated carbocycles. The van der Waals surface area contributed by atoms with Gasteiger partial charge in [-0.25, -0.2) is 14.2 Å². The van der Waals surface area contributed by atoms with Crippen LogP contribution >= 0.6 is 0 Å². The molecule has 0 bridgehead atoms. The smallest absolute Gasteiger partial charge is 0.363 e. The van der Waals surface area contributed by atoms with E-state index in [9.17, 15) is 9.18 Å². The highest BCUT2D eigenvalue weighted by Crippen LogP contribution is 2.25. The average molecular weight is 399 g/mol. The largest absolute Gasteiger partial charge is 0.482 e. The van der Waals surface area contributed by atoms with Crippen molar-refractivity contribution in [2.75, 3.05) is 0 Å². The van der Waals surface area contributed by atoms with Gasteiger partial charge in [-0.2, -0.15) is 0 Å². The second-order valence-electron chi connectivity index (χ2n) is 6.60. The molecule has 0 fully saturated rings. The maximum absolute atomic E-state index is 13.4. The Labute approximate surface area is 173 Å². The third-order valence-electron chi connectivity index (χ3n) is 4.48. The van der Waals surface area contributed by atoms with Crippen LogP contribution in [0.5, 0.6) is 5.75 Å². The topological polar surface area (TPSA) is 47.9 Å². The molecule has 5 heteroatoms. The minimum atomic E-state index is -0.578. The fourth-order valence-corrected chi connectivity index (χ4v) is 3.00. The fraction of sp³-hybridized carbons (Fsp3) is 0.0400. The Hall–Kier alpha value is -3.99. The van der Waals surface area contributed by atoms with E-state index < -0.39 is 11.8 Å². The Bertz CT molecular complexity index is 1130. The lowest BCUT2D eigenvalue weighted by Crippen LogP contribution is -2.05. The zero-order chi connectivity index (χ0) is 20.9. The lowest BCUT2D eigenvalue weighted by molar-refractivity contribution is -0.129. The number of rotatable bonds is 6. The molecule has 0 aliphatic carbocycles. The molecule has 4 nitrogen and oxygen atoms in total. The van der Waals surface area contributed by atoms with Gasteiger partial charge in [-0.15, -0.1) is 0 Å². The molecule has 1 aliphatic rings. The first-order valence-corrected chi connectivity index (χ1v) is 9.35. The van der Waals surface area contributed by atoms with Gasteiger partial charge in [0.15, 0.2) is 5.70 Å². The van der Waals surface area contributed by atoms with Crippen molar-refractivity contribution in [1.82, 2.24) is 0 Å². The van der Waals surface area contributed by atoms with Gasteiger partial charge in [0.1, 0.15) is 17.7 Å². The van der Waals surface area contributed by atoms with Crippen molar-refractivity contribution in [2.45, 2.75) is 6.10 Å². The Morgan fingerprint density at radius 2 is 1.77 bits per heavy atom. The van der Waals surface area contributed by atoms with Gasteiger partial charge in [0.25, 0.3) is 0 Å². The maximum atomic E-state index is 13.4. The molecule has 148 valence electrons. The number of hydrogen-bond acceptors (Lipinski definition) is 4. The van der Waals surface area contributed by atoms with Crippen LogP contribution < -0.4 is 4.74 Å². The molecule has 30 heavy (non-hydrogen) atoms. The van der Waals surface area contributed by atoms with Crippen molar-refractivity contribution >= 4 is 17.9 Å². The van der Waals surface area contributed by atoms with Crippen LogP contribution in [0.15, 0.2) is 102 Å². The molecule has 3 aromatic carbocycles. The van der Waals surface area contributed by atoms with Crippen LogP contribution in [0, 0.1) is 5.82 Å². The summed E-state index contributed by atoms with van der Waals surface area (Å²) in [4.78, 5) is 16.3. The summed E-state index contributed by atoms with van der Waals surface area (Å²) in [5, 5.41) is 0. The molecule has 0 aromatic heterocycles. The summed E-state index contributed by atoms with van der Waals surface area (Å²) >= 11 is 0. The highest BCUT2D eigenvalue weighted by Gasteiger charge is 2.24. The maximum Gasteiger partial charge on any atom is 0.363 e. The van der Waals surface area contributed by atoms with E-state index in [-0.39, 0.29) is 17.7 Å². The average Bonchev–Trinajstić information content (AvgIpc) is 3.14. The van der Waals surface area contributed by atoms with Crippen molar-refractivity contribution in [2.24, 2.45) is 4.99 Å². The molecule has 0 radical (unpaired) electrons. The van der Waals surface area contributed by atoms with Gasteiger partial charge in [-0.3, -0.25) is 0 Å². The standard InChI is InChI=1S/C25H18FNO3/c1-2-23(18-7-4-3-5-8-18)29-21-13-11-17(12-14-21)15-22-25(28)30-24(27-22)19-9-6-10-20(26)16-19/h2-16,23H,1H2/b22-15-. The first kappa shape index (κ1) is 19.3. The number of cyclic esters (lactones) is 1. The minimum Gasteiger partial charge on any atom is -0.482 e. The van der Waals surface area contributed by atoms with E-state index >= 15 is 0 Å². The molecular weight excluding hydrogens is 381 g/mol. The minimum absolute atomic E-state index is 0.0855. The van der Waals surface area contributed by atoms with Crippen LogP contribution in [0.2, 0.25) is 0 Å². The van der Waals surface area contributed by atoms with Crippen LogP contribution in [0.25, 0.3) is 6.08 Å². The molecule has 0 saturated heterocycles. The summed E-state index contributed by atoms with van der Waals surface area (Å²) in [7, 11) is 0. The number of aliphatic imine (C=N–C) groups is 1. The van der Waals surface area contributed by atoms with Crippen LogP contribution in [-0.4, -0.2) is 11.9 Å². The second kappa shape index (κ2) is 8.57.